The number of amides is 1. The summed E-state index contributed by atoms with van der Waals surface area (Å²) in [6.45, 7) is 0. The molecule has 2 aromatic rings. The van der Waals surface area contributed by atoms with E-state index in [1.54, 1.807) is 10.9 Å². The Morgan fingerprint density at radius 1 is 1.39 bits per heavy atom. The number of benzene rings is 1. The van der Waals surface area contributed by atoms with Gasteiger partial charge in [-0.15, -0.1) is 0 Å². The third-order valence-electron chi connectivity index (χ3n) is 3.08. The van der Waals surface area contributed by atoms with Gasteiger partial charge in [0, 0.05) is 30.4 Å². The highest BCUT2D eigenvalue weighted by Gasteiger charge is 2.23. The topological polar surface area (TPSA) is 46.9 Å². The van der Waals surface area contributed by atoms with Gasteiger partial charge in [0.15, 0.2) is 0 Å². The number of nitrogens with zero attached hydrogens (tertiary/aromatic N) is 2. The third kappa shape index (κ3) is 2.27. The summed E-state index contributed by atoms with van der Waals surface area (Å²) in [5.74, 6) is 0.0169. The van der Waals surface area contributed by atoms with Crippen molar-refractivity contribution in [2.24, 2.45) is 7.05 Å². The van der Waals surface area contributed by atoms with Crippen LogP contribution in [-0.2, 0) is 7.05 Å². The summed E-state index contributed by atoms with van der Waals surface area (Å²) < 4.78 is 1.76. The lowest BCUT2D eigenvalue weighted by molar-refractivity contribution is 0.0951. The number of aromatic nitrogens is 2. The molecule has 3 rings (SSSR count). The highest BCUT2D eigenvalue weighted by atomic mass is 16.1. The van der Waals surface area contributed by atoms with Crippen LogP contribution >= 0.6 is 0 Å². The van der Waals surface area contributed by atoms with Crippen LogP contribution in [0.25, 0.3) is 11.1 Å². The number of nitrogens with one attached hydrogen (secondary N) is 1. The number of aryl methyl sites for hydroxylation is 1. The Morgan fingerprint density at radius 3 is 2.89 bits per heavy atom. The molecule has 0 spiro atoms. The average Bonchev–Trinajstić information content (AvgIpc) is 3.08. The van der Waals surface area contributed by atoms with E-state index >= 15 is 0 Å². The van der Waals surface area contributed by atoms with Crippen LogP contribution in [0.3, 0.4) is 0 Å². The van der Waals surface area contributed by atoms with E-state index < -0.39 is 0 Å². The van der Waals surface area contributed by atoms with E-state index in [9.17, 15) is 4.79 Å². The summed E-state index contributed by atoms with van der Waals surface area (Å²) in [4.78, 5) is 12.0. The van der Waals surface area contributed by atoms with E-state index in [4.69, 9.17) is 0 Å². The molecule has 0 saturated heterocycles. The summed E-state index contributed by atoms with van der Waals surface area (Å²) in [6, 6.07) is 8.04. The van der Waals surface area contributed by atoms with Gasteiger partial charge in [0.25, 0.3) is 5.91 Å². The normalized spacial score (nSPS) is 14.5. The van der Waals surface area contributed by atoms with Gasteiger partial charge in [-0.1, -0.05) is 12.1 Å². The fraction of sp³-hybridized carbons (Fsp3) is 0.286. The highest BCUT2D eigenvalue weighted by Crippen LogP contribution is 2.22. The Hall–Kier alpha value is -2.10. The molecule has 92 valence electrons. The van der Waals surface area contributed by atoms with Crippen LogP contribution in [0, 0.1) is 0 Å². The van der Waals surface area contributed by atoms with Crippen LogP contribution in [0.4, 0.5) is 0 Å². The van der Waals surface area contributed by atoms with Crippen molar-refractivity contribution in [3.63, 3.8) is 0 Å². The Kier molecular flexibility index (Phi) is 2.63. The summed E-state index contributed by atoms with van der Waals surface area (Å²) in [7, 11) is 1.88. The molecule has 18 heavy (non-hydrogen) atoms. The summed E-state index contributed by atoms with van der Waals surface area (Å²) in [5.41, 5.74) is 2.76. The maximum atomic E-state index is 12.0. The Balaban J connectivity index is 1.86. The zero-order valence-corrected chi connectivity index (χ0v) is 10.3. The first-order valence-corrected chi connectivity index (χ1v) is 6.12. The number of hydrogen-bond acceptors (Lipinski definition) is 2. The van der Waals surface area contributed by atoms with Crippen LogP contribution < -0.4 is 5.32 Å². The van der Waals surface area contributed by atoms with Gasteiger partial charge in [-0.05, 0) is 30.5 Å². The van der Waals surface area contributed by atoms with Crippen LogP contribution in [0.15, 0.2) is 36.7 Å². The lowest BCUT2D eigenvalue weighted by Gasteiger charge is -2.04. The summed E-state index contributed by atoms with van der Waals surface area (Å²) in [5, 5.41) is 7.14. The molecule has 1 aromatic carbocycles. The molecule has 1 aromatic heterocycles. The fourth-order valence-electron chi connectivity index (χ4n) is 1.91. The van der Waals surface area contributed by atoms with Gasteiger partial charge in [0.2, 0.25) is 0 Å². The number of rotatable bonds is 3. The van der Waals surface area contributed by atoms with Crippen LogP contribution in [0.2, 0.25) is 0 Å². The van der Waals surface area contributed by atoms with Gasteiger partial charge in [-0.3, -0.25) is 9.48 Å². The maximum absolute atomic E-state index is 12.0. The largest absolute Gasteiger partial charge is 0.349 e. The van der Waals surface area contributed by atoms with E-state index in [1.165, 1.54) is 0 Å². The lowest BCUT2D eigenvalue weighted by Crippen LogP contribution is -2.25. The number of hydrogen-bond donors (Lipinski definition) is 1. The highest BCUT2D eigenvalue weighted by molar-refractivity contribution is 5.95. The van der Waals surface area contributed by atoms with Gasteiger partial charge in [-0.25, -0.2) is 0 Å². The van der Waals surface area contributed by atoms with E-state index in [0.717, 1.165) is 24.0 Å². The Bertz CT molecular complexity index is 584. The smallest absolute Gasteiger partial charge is 0.251 e. The predicted molar refractivity (Wildman–Crippen MR) is 69.1 cm³/mol. The monoisotopic (exact) mass is 241 g/mol. The molecular formula is C14H15N3O. The van der Waals surface area contributed by atoms with E-state index in [0.29, 0.717) is 11.6 Å². The molecule has 1 aliphatic carbocycles. The van der Waals surface area contributed by atoms with Crippen molar-refractivity contribution in [1.29, 1.82) is 0 Å². The average molecular weight is 241 g/mol. The van der Waals surface area contributed by atoms with Crippen molar-refractivity contribution < 1.29 is 4.79 Å². The minimum Gasteiger partial charge on any atom is -0.349 e. The first-order valence-electron chi connectivity index (χ1n) is 6.12. The van der Waals surface area contributed by atoms with E-state index in [1.807, 2.05) is 37.5 Å². The molecule has 0 aliphatic heterocycles. The van der Waals surface area contributed by atoms with Gasteiger partial charge in [0.1, 0.15) is 0 Å². The summed E-state index contributed by atoms with van der Waals surface area (Å²) >= 11 is 0. The van der Waals surface area contributed by atoms with Crippen molar-refractivity contribution >= 4 is 5.91 Å². The first kappa shape index (κ1) is 11.0. The van der Waals surface area contributed by atoms with Gasteiger partial charge < -0.3 is 5.32 Å². The molecule has 0 atom stereocenters. The first-order chi connectivity index (χ1) is 8.72. The standard InChI is InChI=1S/C14H15N3O/c1-17-9-12(8-15-17)10-3-2-4-11(7-10)14(18)16-13-5-6-13/h2-4,7-9,13H,5-6H2,1H3,(H,16,18). The second-order valence-corrected chi connectivity index (χ2v) is 4.73. The van der Waals surface area contributed by atoms with Gasteiger partial charge in [-0.2, -0.15) is 5.10 Å². The quantitative estimate of drug-likeness (QED) is 0.893. The minimum absolute atomic E-state index is 0.0169. The van der Waals surface area contributed by atoms with Crippen molar-refractivity contribution in [3.05, 3.63) is 42.2 Å². The van der Waals surface area contributed by atoms with Crippen molar-refractivity contribution in [2.75, 3.05) is 0 Å². The maximum Gasteiger partial charge on any atom is 0.251 e. The molecule has 1 saturated carbocycles. The van der Waals surface area contributed by atoms with Crippen LogP contribution in [-0.4, -0.2) is 21.7 Å². The molecule has 0 radical (unpaired) electrons. The second-order valence-electron chi connectivity index (χ2n) is 4.73. The molecule has 1 N–H and O–H groups in total. The van der Waals surface area contributed by atoms with Crippen molar-refractivity contribution in [1.82, 2.24) is 15.1 Å². The van der Waals surface area contributed by atoms with Crippen molar-refractivity contribution in [2.45, 2.75) is 18.9 Å². The Labute approximate surface area is 106 Å². The molecule has 0 unspecified atom stereocenters. The van der Waals surface area contributed by atoms with E-state index in [-0.39, 0.29) is 5.91 Å². The van der Waals surface area contributed by atoms with Crippen LogP contribution in [0.5, 0.6) is 0 Å². The molecular weight excluding hydrogens is 226 g/mol. The van der Waals surface area contributed by atoms with Gasteiger partial charge >= 0.3 is 0 Å². The molecule has 1 fully saturated rings. The van der Waals surface area contributed by atoms with Crippen molar-refractivity contribution in [3.8, 4) is 11.1 Å². The molecule has 1 heterocycles. The SMILES string of the molecule is Cn1cc(-c2cccc(C(=O)NC3CC3)c2)cn1. The predicted octanol–water partition coefficient (Wildman–Crippen LogP) is 1.98. The minimum atomic E-state index is 0.0169. The number of carbonyl (C=O) groups excluding carboxylic acids is 1. The number of carbonyl (C=O) groups is 1. The molecule has 0 bridgehead atoms. The van der Waals surface area contributed by atoms with Crippen LogP contribution in [0.1, 0.15) is 23.2 Å². The molecule has 4 nitrogen and oxygen atoms in total. The zero-order valence-electron chi connectivity index (χ0n) is 10.3. The third-order valence-corrected chi connectivity index (χ3v) is 3.08. The molecule has 1 amide bonds. The molecule has 4 heteroatoms. The van der Waals surface area contributed by atoms with Gasteiger partial charge in [0.05, 0.1) is 6.20 Å². The zero-order chi connectivity index (χ0) is 12.5. The van der Waals surface area contributed by atoms with E-state index in [2.05, 4.69) is 10.4 Å². The Morgan fingerprint density at radius 2 is 2.22 bits per heavy atom. The molecule has 1 aliphatic rings. The summed E-state index contributed by atoms with van der Waals surface area (Å²) in [6.07, 6.45) is 5.96. The lowest BCUT2D eigenvalue weighted by atomic mass is 10.1. The fourth-order valence-corrected chi connectivity index (χ4v) is 1.91. The second kappa shape index (κ2) is 4.29.